The number of nitrogens with zero attached hydrogens (tertiary/aromatic N) is 4. The van der Waals surface area contributed by atoms with Crippen molar-refractivity contribution >= 4 is 11.0 Å². The molecule has 0 amide bonds. The average Bonchev–Trinajstić information content (AvgIpc) is 3.10. The van der Waals surface area contributed by atoms with Crippen LogP contribution in [-0.2, 0) is 19.6 Å². The molecule has 6 heteroatoms. The lowest BCUT2D eigenvalue weighted by Crippen LogP contribution is -2.23. The number of hydrogen-bond acceptors (Lipinski definition) is 5. The molecule has 1 aromatic carbocycles. The van der Waals surface area contributed by atoms with Crippen LogP contribution in [0.1, 0.15) is 40.8 Å². The maximum atomic E-state index is 10.4. The second-order valence-corrected chi connectivity index (χ2v) is 8.28. The number of aryl methyl sites for hydroxylation is 3. The van der Waals surface area contributed by atoms with Gasteiger partial charge in [-0.3, -0.25) is 9.58 Å². The molecule has 2 aromatic heterocycles. The third kappa shape index (κ3) is 3.85. The summed E-state index contributed by atoms with van der Waals surface area (Å²) in [5.41, 5.74) is 5.38. The monoisotopic (exact) mass is 382 g/mol. The second kappa shape index (κ2) is 7.70. The van der Waals surface area contributed by atoms with Gasteiger partial charge in [-0.15, -0.1) is 0 Å². The van der Waals surface area contributed by atoms with E-state index in [0.29, 0.717) is 6.54 Å². The van der Waals surface area contributed by atoms with Crippen LogP contribution in [-0.4, -0.2) is 51.9 Å². The lowest BCUT2D eigenvalue weighted by Gasteiger charge is -2.18. The molecule has 1 N–H and O–H groups in total. The Balaban J connectivity index is 1.53. The van der Waals surface area contributed by atoms with Gasteiger partial charge in [0.1, 0.15) is 17.4 Å². The molecule has 0 radical (unpaired) electrons. The predicted octanol–water partition coefficient (Wildman–Crippen LogP) is 3.25. The molecular weight excluding hydrogens is 352 g/mol. The van der Waals surface area contributed by atoms with Crippen molar-refractivity contribution in [1.82, 2.24) is 19.6 Å². The molecule has 3 heterocycles. The van der Waals surface area contributed by atoms with Gasteiger partial charge in [0.25, 0.3) is 0 Å². The van der Waals surface area contributed by atoms with Gasteiger partial charge >= 0.3 is 0 Å². The summed E-state index contributed by atoms with van der Waals surface area (Å²) in [6.07, 6.45) is 0.486. The van der Waals surface area contributed by atoms with Crippen molar-refractivity contribution < 1.29 is 9.52 Å². The first kappa shape index (κ1) is 19.2. The van der Waals surface area contributed by atoms with E-state index < -0.39 is 6.10 Å². The fraction of sp³-hybridized carbons (Fsp3) is 0.500. The average molecular weight is 383 g/mol. The largest absolute Gasteiger partial charge is 0.459 e. The second-order valence-electron chi connectivity index (χ2n) is 8.28. The molecule has 28 heavy (non-hydrogen) atoms. The first-order valence-corrected chi connectivity index (χ1v) is 10.0. The molecule has 4 rings (SSSR count). The van der Waals surface area contributed by atoms with Crippen molar-refractivity contribution in [3.05, 3.63) is 52.5 Å². The Morgan fingerprint density at radius 3 is 2.82 bits per heavy atom. The van der Waals surface area contributed by atoms with Crippen LogP contribution in [0.4, 0.5) is 0 Å². The summed E-state index contributed by atoms with van der Waals surface area (Å²) in [4.78, 5) is 4.40. The zero-order chi connectivity index (χ0) is 19.8. The van der Waals surface area contributed by atoms with E-state index in [-0.39, 0.29) is 0 Å². The SMILES string of the molecule is Cc1ccc2oc(CN3CCCn4nc([C@H](O)CN(C)C)cc4C3)c(C)c2c1. The topological polar surface area (TPSA) is 57.7 Å². The number of benzene rings is 1. The van der Waals surface area contributed by atoms with Crippen LogP contribution in [0.15, 0.2) is 28.7 Å². The van der Waals surface area contributed by atoms with Crippen LogP contribution in [0.25, 0.3) is 11.0 Å². The molecule has 1 atom stereocenters. The standard InChI is InChI=1S/C22H30N4O2/c1-15-6-7-21-18(10-15)16(2)22(28-21)14-25-8-5-9-26-17(12-25)11-19(23-26)20(27)13-24(3)4/h6-7,10-11,20,27H,5,8-9,12-14H2,1-4H3/t20-/m1/s1. The van der Waals surface area contributed by atoms with Crippen molar-refractivity contribution in [2.24, 2.45) is 0 Å². The molecule has 0 bridgehead atoms. The van der Waals surface area contributed by atoms with E-state index >= 15 is 0 Å². The van der Waals surface area contributed by atoms with Gasteiger partial charge in [0.15, 0.2) is 0 Å². The van der Waals surface area contributed by atoms with Gasteiger partial charge in [-0.05, 0) is 58.1 Å². The van der Waals surface area contributed by atoms with Gasteiger partial charge in [0, 0.05) is 31.6 Å². The maximum Gasteiger partial charge on any atom is 0.134 e. The summed E-state index contributed by atoms with van der Waals surface area (Å²) in [6.45, 7) is 8.35. The van der Waals surface area contributed by atoms with E-state index in [9.17, 15) is 5.11 Å². The smallest absolute Gasteiger partial charge is 0.134 e. The first-order chi connectivity index (χ1) is 13.4. The van der Waals surface area contributed by atoms with E-state index in [1.807, 2.05) is 19.0 Å². The maximum absolute atomic E-state index is 10.4. The highest BCUT2D eigenvalue weighted by Gasteiger charge is 2.22. The Labute approximate surface area is 166 Å². The van der Waals surface area contributed by atoms with Crippen molar-refractivity contribution in [2.75, 3.05) is 27.2 Å². The molecule has 0 unspecified atom stereocenters. The predicted molar refractivity (Wildman–Crippen MR) is 110 cm³/mol. The summed E-state index contributed by atoms with van der Waals surface area (Å²) in [5.74, 6) is 1.04. The molecule has 0 spiro atoms. The molecule has 0 saturated carbocycles. The Morgan fingerprint density at radius 1 is 1.21 bits per heavy atom. The zero-order valence-electron chi connectivity index (χ0n) is 17.3. The Kier molecular flexibility index (Phi) is 5.27. The Hall–Kier alpha value is -2.15. The summed E-state index contributed by atoms with van der Waals surface area (Å²) in [6, 6.07) is 8.42. The molecule has 1 aliphatic heterocycles. The molecule has 0 aliphatic carbocycles. The van der Waals surface area contributed by atoms with Crippen LogP contribution < -0.4 is 0 Å². The quantitative estimate of drug-likeness (QED) is 0.734. The van der Waals surface area contributed by atoms with E-state index in [2.05, 4.69) is 52.8 Å². The first-order valence-electron chi connectivity index (χ1n) is 10.0. The molecular formula is C22H30N4O2. The molecule has 0 saturated heterocycles. The number of aromatic nitrogens is 2. The van der Waals surface area contributed by atoms with Crippen LogP contribution in [0.5, 0.6) is 0 Å². The number of furan rings is 1. The molecule has 6 nitrogen and oxygen atoms in total. The van der Waals surface area contributed by atoms with Gasteiger partial charge in [-0.2, -0.15) is 5.10 Å². The van der Waals surface area contributed by atoms with Crippen LogP contribution in [0.3, 0.4) is 0 Å². The van der Waals surface area contributed by atoms with Crippen LogP contribution >= 0.6 is 0 Å². The van der Waals surface area contributed by atoms with Crippen LogP contribution in [0, 0.1) is 13.8 Å². The minimum atomic E-state index is -0.552. The van der Waals surface area contributed by atoms with E-state index in [4.69, 9.17) is 4.42 Å². The van der Waals surface area contributed by atoms with Crippen molar-refractivity contribution in [3.8, 4) is 0 Å². The number of rotatable bonds is 5. The normalized spacial score (nSPS) is 16.5. The van der Waals surface area contributed by atoms with Crippen molar-refractivity contribution in [1.29, 1.82) is 0 Å². The summed E-state index contributed by atoms with van der Waals surface area (Å²) in [7, 11) is 3.92. The summed E-state index contributed by atoms with van der Waals surface area (Å²) < 4.78 is 8.22. The number of aliphatic hydroxyl groups is 1. The fourth-order valence-electron chi connectivity index (χ4n) is 4.03. The van der Waals surface area contributed by atoms with Gasteiger partial charge < -0.3 is 14.4 Å². The van der Waals surface area contributed by atoms with Crippen LogP contribution in [0.2, 0.25) is 0 Å². The van der Waals surface area contributed by atoms with E-state index in [1.165, 1.54) is 16.5 Å². The lowest BCUT2D eigenvalue weighted by molar-refractivity contribution is 0.133. The molecule has 0 fully saturated rings. The molecule has 1 aliphatic rings. The Bertz CT molecular complexity index is 972. The van der Waals surface area contributed by atoms with E-state index in [1.54, 1.807) is 0 Å². The van der Waals surface area contributed by atoms with Crippen molar-refractivity contribution in [2.45, 2.75) is 46.0 Å². The minimum absolute atomic E-state index is 0.552. The fourth-order valence-corrected chi connectivity index (χ4v) is 4.03. The number of hydrogen-bond donors (Lipinski definition) is 1. The third-order valence-electron chi connectivity index (χ3n) is 5.55. The molecule has 3 aromatic rings. The van der Waals surface area contributed by atoms with Gasteiger partial charge in [-0.25, -0.2) is 0 Å². The number of likely N-dealkylation sites (N-methyl/N-ethyl adjacent to an activating group) is 1. The highest BCUT2D eigenvalue weighted by Crippen LogP contribution is 2.28. The lowest BCUT2D eigenvalue weighted by atomic mass is 10.1. The van der Waals surface area contributed by atoms with Gasteiger partial charge in [0.2, 0.25) is 0 Å². The highest BCUT2D eigenvalue weighted by molar-refractivity contribution is 5.82. The third-order valence-corrected chi connectivity index (χ3v) is 5.55. The molecule has 150 valence electrons. The van der Waals surface area contributed by atoms with Gasteiger partial charge in [0.05, 0.1) is 17.9 Å². The Morgan fingerprint density at radius 2 is 2.04 bits per heavy atom. The summed E-state index contributed by atoms with van der Waals surface area (Å²) in [5, 5.41) is 16.3. The summed E-state index contributed by atoms with van der Waals surface area (Å²) >= 11 is 0. The van der Waals surface area contributed by atoms with E-state index in [0.717, 1.165) is 55.3 Å². The highest BCUT2D eigenvalue weighted by atomic mass is 16.3. The zero-order valence-corrected chi connectivity index (χ0v) is 17.3. The minimum Gasteiger partial charge on any atom is -0.459 e. The van der Waals surface area contributed by atoms with Crippen molar-refractivity contribution in [3.63, 3.8) is 0 Å². The van der Waals surface area contributed by atoms with Gasteiger partial charge in [-0.1, -0.05) is 11.6 Å². The number of fused-ring (bicyclic) bond motifs is 2. The number of aliphatic hydroxyl groups excluding tert-OH is 1.